The zero-order chi connectivity index (χ0) is 9.26. The molecule has 0 radical (unpaired) electrons. The van der Waals surface area contributed by atoms with Gasteiger partial charge < -0.3 is 5.32 Å². The van der Waals surface area contributed by atoms with Crippen molar-refractivity contribution >= 4 is 0 Å². The fraction of sp³-hybridized carbons (Fsp3) is 0.818. The molecule has 2 heterocycles. The summed E-state index contributed by atoms with van der Waals surface area (Å²) in [6.45, 7) is 4.92. The van der Waals surface area contributed by atoms with E-state index in [0.717, 1.165) is 24.7 Å². The molecule has 0 spiro atoms. The second-order valence-electron chi connectivity index (χ2n) is 4.33. The van der Waals surface area contributed by atoms with E-state index in [2.05, 4.69) is 23.8 Å². The van der Waals surface area contributed by atoms with Crippen molar-refractivity contribution in [3.05, 3.63) is 12.7 Å². The van der Waals surface area contributed by atoms with Crippen LogP contribution in [0.5, 0.6) is 0 Å². The first-order chi connectivity index (χ1) is 6.35. The summed E-state index contributed by atoms with van der Waals surface area (Å²) < 4.78 is 0. The van der Waals surface area contributed by atoms with Gasteiger partial charge in [-0.05, 0) is 32.7 Å². The second kappa shape index (κ2) is 3.81. The van der Waals surface area contributed by atoms with E-state index in [1.807, 2.05) is 6.08 Å². The zero-order valence-corrected chi connectivity index (χ0v) is 8.50. The molecule has 2 bridgehead atoms. The van der Waals surface area contributed by atoms with Gasteiger partial charge in [-0.25, -0.2) is 0 Å². The lowest BCUT2D eigenvalue weighted by molar-refractivity contribution is 0.134. The van der Waals surface area contributed by atoms with Crippen LogP contribution in [0.1, 0.15) is 25.7 Å². The van der Waals surface area contributed by atoms with Crippen molar-refractivity contribution in [1.82, 2.24) is 10.2 Å². The lowest BCUT2D eigenvalue weighted by atomic mass is 9.97. The molecule has 2 aliphatic heterocycles. The van der Waals surface area contributed by atoms with Crippen LogP contribution in [0.2, 0.25) is 0 Å². The molecule has 2 rings (SSSR count). The molecule has 0 aromatic carbocycles. The van der Waals surface area contributed by atoms with Crippen LogP contribution in [0.25, 0.3) is 0 Å². The Labute approximate surface area is 81.0 Å². The fourth-order valence-electron chi connectivity index (χ4n) is 2.96. The number of nitrogens with one attached hydrogen (secondary N) is 1. The highest BCUT2D eigenvalue weighted by Gasteiger charge is 2.39. The van der Waals surface area contributed by atoms with Gasteiger partial charge in [0, 0.05) is 24.7 Å². The monoisotopic (exact) mass is 180 g/mol. The Morgan fingerprint density at radius 1 is 1.38 bits per heavy atom. The molecule has 1 N–H and O–H groups in total. The van der Waals surface area contributed by atoms with E-state index in [1.165, 1.54) is 25.7 Å². The fourth-order valence-corrected chi connectivity index (χ4v) is 2.96. The molecule has 0 aliphatic carbocycles. The van der Waals surface area contributed by atoms with Gasteiger partial charge >= 0.3 is 0 Å². The lowest BCUT2D eigenvalue weighted by Crippen LogP contribution is -2.48. The predicted molar refractivity (Wildman–Crippen MR) is 55.8 cm³/mol. The molecular weight excluding hydrogens is 160 g/mol. The van der Waals surface area contributed by atoms with Crippen molar-refractivity contribution in [3.63, 3.8) is 0 Å². The highest BCUT2D eigenvalue weighted by molar-refractivity contribution is 4.98. The molecule has 0 amide bonds. The van der Waals surface area contributed by atoms with Gasteiger partial charge in [-0.2, -0.15) is 0 Å². The van der Waals surface area contributed by atoms with Crippen molar-refractivity contribution < 1.29 is 0 Å². The minimum atomic E-state index is 0.763. The highest BCUT2D eigenvalue weighted by atomic mass is 15.2. The first-order valence-electron chi connectivity index (χ1n) is 5.39. The molecule has 0 saturated carbocycles. The first-order valence-corrected chi connectivity index (χ1v) is 5.39. The SMILES string of the molecule is C=CCN1C2CCC1CC(NC)C2. The normalized spacial score (nSPS) is 39.3. The van der Waals surface area contributed by atoms with E-state index in [-0.39, 0.29) is 0 Å². The number of hydrogen-bond donors (Lipinski definition) is 1. The van der Waals surface area contributed by atoms with Crippen molar-refractivity contribution in [2.24, 2.45) is 0 Å². The second-order valence-corrected chi connectivity index (χ2v) is 4.33. The summed E-state index contributed by atoms with van der Waals surface area (Å²) in [5, 5.41) is 3.41. The van der Waals surface area contributed by atoms with Crippen LogP contribution >= 0.6 is 0 Å². The number of fused-ring (bicyclic) bond motifs is 2. The van der Waals surface area contributed by atoms with Gasteiger partial charge in [-0.3, -0.25) is 4.90 Å². The number of piperidine rings is 1. The van der Waals surface area contributed by atoms with Gasteiger partial charge in [-0.15, -0.1) is 6.58 Å². The summed E-state index contributed by atoms with van der Waals surface area (Å²) in [6.07, 6.45) is 7.51. The number of rotatable bonds is 3. The smallest absolute Gasteiger partial charge is 0.0166 e. The minimum Gasteiger partial charge on any atom is -0.317 e. The van der Waals surface area contributed by atoms with Crippen LogP contribution in [-0.4, -0.2) is 36.6 Å². The van der Waals surface area contributed by atoms with Gasteiger partial charge in [0.1, 0.15) is 0 Å². The Balaban J connectivity index is 2.00. The van der Waals surface area contributed by atoms with Gasteiger partial charge in [0.15, 0.2) is 0 Å². The summed E-state index contributed by atoms with van der Waals surface area (Å²) in [4.78, 5) is 2.64. The van der Waals surface area contributed by atoms with Crippen LogP contribution in [-0.2, 0) is 0 Å². The van der Waals surface area contributed by atoms with Crippen LogP contribution in [0.4, 0.5) is 0 Å². The van der Waals surface area contributed by atoms with Crippen LogP contribution in [0, 0.1) is 0 Å². The molecular formula is C11H20N2. The Hall–Kier alpha value is -0.340. The quantitative estimate of drug-likeness (QED) is 0.660. The minimum absolute atomic E-state index is 0.763. The molecule has 2 atom stereocenters. The maximum Gasteiger partial charge on any atom is 0.0166 e. The average Bonchev–Trinajstić information content (AvgIpc) is 2.39. The Bertz CT molecular complexity index is 177. The van der Waals surface area contributed by atoms with E-state index >= 15 is 0 Å². The van der Waals surface area contributed by atoms with Crippen LogP contribution < -0.4 is 5.32 Å². The van der Waals surface area contributed by atoms with E-state index in [4.69, 9.17) is 0 Å². The molecule has 74 valence electrons. The van der Waals surface area contributed by atoms with Gasteiger partial charge in [0.25, 0.3) is 0 Å². The molecule has 0 aromatic heterocycles. The van der Waals surface area contributed by atoms with Gasteiger partial charge in [0.05, 0.1) is 0 Å². The number of hydrogen-bond acceptors (Lipinski definition) is 2. The van der Waals surface area contributed by atoms with Crippen molar-refractivity contribution in [3.8, 4) is 0 Å². The standard InChI is InChI=1S/C11H20N2/c1-3-6-13-10-4-5-11(13)8-9(7-10)12-2/h3,9-12H,1,4-8H2,2H3. The zero-order valence-electron chi connectivity index (χ0n) is 8.50. The molecule has 2 heteroatoms. The van der Waals surface area contributed by atoms with Crippen molar-refractivity contribution in [2.75, 3.05) is 13.6 Å². The largest absolute Gasteiger partial charge is 0.317 e. The number of nitrogens with zero attached hydrogens (tertiary/aromatic N) is 1. The lowest BCUT2D eigenvalue weighted by Gasteiger charge is -2.38. The predicted octanol–water partition coefficient (Wildman–Crippen LogP) is 1.39. The maximum absolute atomic E-state index is 3.83. The molecule has 2 unspecified atom stereocenters. The first kappa shape index (κ1) is 9.22. The molecule has 0 aromatic rings. The third-order valence-electron chi connectivity index (χ3n) is 3.63. The Morgan fingerprint density at radius 3 is 2.46 bits per heavy atom. The van der Waals surface area contributed by atoms with Crippen LogP contribution in [0.15, 0.2) is 12.7 Å². The molecule has 2 saturated heterocycles. The van der Waals surface area contributed by atoms with Gasteiger partial charge in [0.2, 0.25) is 0 Å². The van der Waals surface area contributed by atoms with Crippen LogP contribution in [0.3, 0.4) is 0 Å². The molecule has 2 nitrogen and oxygen atoms in total. The van der Waals surface area contributed by atoms with E-state index < -0.39 is 0 Å². The third kappa shape index (κ3) is 1.65. The van der Waals surface area contributed by atoms with Gasteiger partial charge in [-0.1, -0.05) is 6.08 Å². The molecule has 2 aliphatic rings. The van der Waals surface area contributed by atoms with E-state index in [0.29, 0.717) is 0 Å². The summed E-state index contributed by atoms with van der Waals surface area (Å²) >= 11 is 0. The molecule has 2 fully saturated rings. The average molecular weight is 180 g/mol. The topological polar surface area (TPSA) is 15.3 Å². The summed E-state index contributed by atoms with van der Waals surface area (Å²) in [5.41, 5.74) is 0. The Morgan fingerprint density at radius 2 is 2.00 bits per heavy atom. The molecule has 13 heavy (non-hydrogen) atoms. The highest BCUT2D eigenvalue weighted by Crippen LogP contribution is 2.35. The summed E-state index contributed by atoms with van der Waals surface area (Å²) in [6, 6.07) is 2.42. The van der Waals surface area contributed by atoms with E-state index in [1.54, 1.807) is 0 Å². The summed E-state index contributed by atoms with van der Waals surface area (Å²) in [7, 11) is 2.09. The summed E-state index contributed by atoms with van der Waals surface area (Å²) in [5.74, 6) is 0. The van der Waals surface area contributed by atoms with Crippen molar-refractivity contribution in [1.29, 1.82) is 0 Å². The van der Waals surface area contributed by atoms with Crippen molar-refractivity contribution in [2.45, 2.75) is 43.8 Å². The third-order valence-corrected chi connectivity index (χ3v) is 3.63. The van der Waals surface area contributed by atoms with E-state index in [9.17, 15) is 0 Å². The maximum atomic E-state index is 3.83. The Kier molecular flexibility index (Phi) is 2.70.